The summed E-state index contributed by atoms with van der Waals surface area (Å²) in [6, 6.07) is 7.51. The van der Waals surface area contributed by atoms with E-state index in [2.05, 4.69) is 12.2 Å². The lowest BCUT2D eigenvalue weighted by molar-refractivity contribution is -0.114. The largest absolute Gasteiger partial charge is 0.497 e. The van der Waals surface area contributed by atoms with Gasteiger partial charge in [-0.15, -0.1) is 0 Å². The molecule has 1 heterocycles. The Kier molecular flexibility index (Phi) is 5.19. The monoisotopic (exact) mass is 318 g/mol. The summed E-state index contributed by atoms with van der Waals surface area (Å²) >= 11 is 5.48. The van der Waals surface area contributed by atoms with Crippen molar-refractivity contribution in [2.45, 2.75) is 33.2 Å². The van der Waals surface area contributed by atoms with Gasteiger partial charge in [0, 0.05) is 17.8 Å². The fourth-order valence-electron chi connectivity index (χ4n) is 2.78. The van der Waals surface area contributed by atoms with Gasteiger partial charge in [0.2, 0.25) is 0 Å². The molecule has 0 radical (unpaired) electrons. The molecule has 1 aromatic rings. The molecule has 1 aromatic carbocycles. The van der Waals surface area contributed by atoms with E-state index >= 15 is 0 Å². The third kappa shape index (κ3) is 3.14. The minimum atomic E-state index is -0.205. The molecule has 1 unspecified atom stereocenters. The molecule has 1 N–H and O–H groups in total. The Hall–Kier alpha value is -1.88. The zero-order valence-corrected chi connectivity index (χ0v) is 14.3. The molecule has 22 heavy (non-hydrogen) atoms. The average molecular weight is 318 g/mol. The molecule has 1 aliphatic rings. The van der Waals surface area contributed by atoms with Gasteiger partial charge in [0.1, 0.15) is 5.75 Å². The topological polar surface area (TPSA) is 41.6 Å². The minimum absolute atomic E-state index is 0.0643. The fraction of sp³-hybridized carbons (Fsp3) is 0.412. The van der Waals surface area contributed by atoms with Crippen LogP contribution in [-0.2, 0) is 4.79 Å². The highest BCUT2D eigenvalue weighted by Crippen LogP contribution is 2.31. The SMILES string of the molecule is CCCN1C(=S)NC(c2ccc(OC)cc2)C(C(C)=O)=C1C. The molecule has 0 saturated carbocycles. The number of methoxy groups -OCH3 is 1. The van der Waals surface area contributed by atoms with E-state index < -0.39 is 0 Å². The first-order valence-corrected chi connectivity index (χ1v) is 7.84. The Balaban J connectivity index is 2.45. The van der Waals surface area contributed by atoms with Gasteiger partial charge in [0.15, 0.2) is 10.9 Å². The van der Waals surface area contributed by atoms with E-state index in [1.165, 1.54) is 0 Å². The molecule has 0 fully saturated rings. The Morgan fingerprint density at radius 3 is 2.50 bits per heavy atom. The molecule has 4 nitrogen and oxygen atoms in total. The Morgan fingerprint density at radius 1 is 1.36 bits per heavy atom. The minimum Gasteiger partial charge on any atom is -0.497 e. The normalized spacial score (nSPS) is 18.3. The van der Waals surface area contributed by atoms with Crippen molar-refractivity contribution in [1.82, 2.24) is 10.2 Å². The number of nitrogens with zero attached hydrogens (tertiary/aromatic N) is 1. The number of hydrogen-bond donors (Lipinski definition) is 1. The van der Waals surface area contributed by atoms with Crippen LogP contribution >= 0.6 is 12.2 Å². The molecule has 0 bridgehead atoms. The lowest BCUT2D eigenvalue weighted by atomic mass is 9.92. The smallest absolute Gasteiger partial charge is 0.173 e. The van der Waals surface area contributed by atoms with Crippen LogP contribution in [0.5, 0.6) is 5.75 Å². The third-order valence-electron chi connectivity index (χ3n) is 3.87. The number of ether oxygens (including phenoxy) is 1. The van der Waals surface area contributed by atoms with E-state index in [-0.39, 0.29) is 11.8 Å². The molecule has 1 aliphatic heterocycles. The molecule has 2 rings (SSSR count). The van der Waals surface area contributed by atoms with Gasteiger partial charge in [-0.05, 0) is 50.2 Å². The Morgan fingerprint density at radius 2 is 2.00 bits per heavy atom. The van der Waals surface area contributed by atoms with Crippen molar-refractivity contribution in [2.24, 2.45) is 0 Å². The number of nitrogens with one attached hydrogen (secondary N) is 1. The van der Waals surface area contributed by atoms with Crippen LogP contribution in [0.25, 0.3) is 0 Å². The molecule has 0 aromatic heterocycles. The van der Waals surface area contributed by atoms with Crippen molar-refractivity contribution in [3.05, 3.63) is 41.1 Å². The summed E-state index contributed by atoms with van der Waals surface area (Å²) in [6.45, 7) is 6.48. The Bertz CT molecular complexity index is 608. The van der Waals surface area contributed by atoms with Crippen LogP contribution in [-0.4, -0.2) is 29.5 Å². The summed E-state index contributed by atoms with van der Waals surface area (Å²) in [4.78, 5) is 14.2. The number of carbonyl (C=O) groups excluding carboxylic acids is 1. The van der Waals surface area contributed by atoms with Gasteiger partial charge in [-0.1, -0.05) is 19.1 Å². The van der Waals surface area contributed by atoms with Crippen molar-refractivity contribution >= 4 is 23.1 Å². The van der Waals surface area contributed by atoms with Crippen molar-refractivity contribution in [3.63, 3.8) is 0 Å². The Labute approximate surface area is 137 Å². The van der Waals surface area contributed by atoms with E-state index in [1.807, 2.05) is 36.1 Å². The van der Waals surface area contributed by atoms with E-state index in [0.717, 1.165) is 35.5 Å². The zero-order chi connectivity index (χ0) is 16.3. The number of thiocarbonyl (C=S) groups is 1. The van der Waals surface area contributed by atoms with Crippen LogP contribution in [0.1, 0.15) is 38.8 Å². The fourth-order valence-corrected chi connectivity index (χ4v) is 3.12. The molecule has 0 saturated heterocycles. The molecule has 5 heteroatoms. The molecule has 0 aliphatic carbocycles. The number of ketones is 1. The maximum Gasteiger partial charge on any atom is 0.173 e. The molecule has 118 valence electrons. The van der Waals surface area contributed by atoms with Crippen molar-refractivity contribution in [1.29, 1.82) is 0 Å². The highest BCUT2D eigenvalue weighted by atomic mass is 32.1. The van der Waals surface area contributed by atoms with Gasteiger partial charge in [0.05, 0.1) is 13.2 Å². The van der Waals surface area contributed by atoms with E-state index in [9.17, 15) is 4.79 Å². The number of carbonyl (C=O) groups is 1. The van der Waals surface area contributed by atoms with Crippen LogP contribution in [0.3, 0.4) is 0 Å². The lowest BCUT2D eigenvalue weighted by Crippen LogP contribution is -2.47. The predicted octanol–water partition coefficient (Wildman–Crippen LogP) is 3.20. The third-order valence-corrected chi connectivity index (χ3v) is 4.21. The lowest BCUT2D eigenvalue weighted by Gasteiger charge is -2.37. The van der Waals surface area contributed by atoms with E-state index in [0.29, 0.717) is 5.11 Å². The van der Waals surface area contributed by atoms with Crippen LogP contribution in [0.4, 0.5) is 0 Å². The number of benzene rings is 1. The average Bonchev–Trinajstić information content (AvgIpc) is 2.50. The maximum absolute atomic E-state index is 12.2. The maximum atomic E-state index is 12.2. The van der Waals surface area contributed by atoms with Gasteiger partial charge in [-0.2, -0.15) is 0 Å². The highest BCUT2D eigenvalue weighted by Gasteiger charge is 2.31. The second kappa shape index (κ2) is 6.92. The zero-order valence-electron chi connectivity index (χ0n) is 13.5. The summed E-state index contributed by atoms with van der Waals surface area (Å²) in [5.41, 5.74) is 2.72. The van der Waals surface area contributed by atoms with Crippen molar-refractivity contribution in [3.8, 4) is 5.75 Å². The molecule has 0 spiro atoms. The number of Topliss-reactive ketones (excluding diaryl/α,β-unsaturated/α-hetero) is 1. The molecular formula is C17H22N2O2S. The summed E-state index contributed by atoms with van der Waals surface area (Å²) in [6.07, 6.45) is 0.970. The van der Waals surface area contributed by atoms with Crippen LogP contribution < -0.4 is 10.1 Å². The first kappa shape index (κ1) is 16.5. The second-order valence-corrected chi connectivity index (χ2v) is 5.75. The van der Waals surface area contributed by atoms with Crippen molar-refractivity contribution in [2.75, 3.05) is 13.7 Å². The molecule has 1 atom stereocenters. The number of allylic oxidation sites excluding steroid dienone is 1. The summed E-state index contributed by atoms with van der Waals surface area (Å²) < 4.78 is 5.19. The highest BCUT2D eigenvalue weighted by molar-refractivity contribution is 7.80. The number of hydrogen-bond acceptors (Lipinski definition) is 3. The van der Waals surface area contributed by atoms with Crippen LogP contribution in [0, 0.1) is 0 Å². The van der Waals surface area contributed by atoms with Gasteiger partial charge in [-0.3, -0.25) is 4.79 Å². The van der Waals surface area contributed by atoms with Crippen LogP contribution in [0.15, 0.2) is 35.5 Å². The number of rotatable bonds is 5. The first-order valence-electron chi connectivity index (χ1n) is 7.43. The summed E-state index contributed by atoms with van der Waals surface area (Å²) in [7, 11) is 1.64. The van der Waals surface area contributed by atoms with Crippen molar-refractivity contribution < 1.29 is 9.53 Å². The summed E-state index contributed by atoms with van der Waals surface area (Å²) in [5.74, 6) is 0.856. The summed E-state index contributed by atoms with van der Waals surface area (Å²) in [5, 5.41) is 3.98. The molecule has 0 amide bonds. The van der Waals surface area contributed by atoms with E-state index in [1.54, 1.807) is 14.0 Å². The second-order valence-electron chi connectivity index (χ2n) is 5.36. The van der Waals surface area contributed by atoms with Gasteiger partial charge in [-0.25, -0.2) is 0 Å². The van der Waals surface area contributed by atoms with Gasteiger partial charge < -0.3 is 15.0 Å². The quantitative estimate of drug-likeness (QED) is 0.845. The van der Waals surface area contributed by atoms with Gasteiger partial charge >= 0.3 is 0 Å². The van der Waals surface area contributed by atoms with E-state index in [4.69, 9.17) is 17.0 Å². The predicted molar refractivity (Wildman–Crippen MR) is 91.8 cm³/mol. The standard InChI is InChI=1S/C17H22N2O2S/c1-5-10-19-11(2)15(12(3)20)16(18-17(19)22)13-6-8-14(21-4)9-7-13/h6-9,16H,5,10H2,1-4H3,(H,18,22). The van der Waals surface area contributed by atoms with Gasteiger partial charge in [0.25, 0.3) is 0 Å². The molecular weight excluding hydrogens is 296 g/mol. The first-order chi connectivity index (χ1) is 10.5. The van der Waals surface area contributed by atoms with Crippen LogP contribution in [0.2, 0.25) is 0 Å².